The first-order valence-electron chi connectivity index (χ1n) is 9.42. The molecule has 0 unspecified atom stereocenters. The zero-order valence-corrected chi connectivity index (χ0v) is 16.1. The maximum Gasteiger partial charge on any atom is 0.224 e. The van der Waals surface area contributed by atoms with Crippen molar-refractivity contribution in [3.05, 3.63) is 78.0 Å². The third-order valence-electron chi connectivity index (χ3n) is 4.45. The number of ether oxygens (including phenoxy) is 1. The van der Waals surface area contributed by atoms with E-state index in [0.29, 0.717) is 31.0 Å². The highest BCUT2D eigenvalue weighted by Gasteiger charge is 2.10. The Labute approximate surface area is 168 Å². The number of carbonyl (C=O) groups excluding carboxylic acids is 1. The molecule has 0 aliphatic rings. The molecule has 0 saturated carbocycles. The van der Waals surface area contributed by atoms with E-state index in [9.17, 15) is 4.79 Å². The first-order chi connectivity index (χ1) is 14.2. The minimum atomic E-state index is -0.0581. The van der Waals surface area contributed by atoms with Crippen molar-refractivity contribution >= 4 is 16.9 Å². The molecule has 2 N–H and O–H groups in total. The Balaban J connectivity index is 1.33. The van der Waals surface area contributed by atoms with Gasteiger partial charge in [-0.2, -0.15) is 0 Å². The van der Waals surface area contributed by atoms with Gasteiger partial charge >= 0.3 is 0 Å². The molecule has 0 spiro atoms. The van der Waals surface area contributed by atoms with Crippen molar-refractivity contribution < 1.29 is 9.53 Å². The van der Waals surface area contributed by atoms with Crippen molar-refractivity contribution in [3.63, 3.8) is 0 Å². The van der Waals surface area contributed by atoms with Gasteiger partial charge < -0.3 is 15.0 Å². The number of carbonyl (C=O) groups is 1. The number of hydrogen-bond donors (Lipinski definition) is 2. The molecule has 4 rings (SSSR count). The minimum absolute atomic E-state index is 0.0581. The van der Waals surface area contributed by atoms with Crippen LogP contribution in [0.15, 0.2) is 60.9 Å². The smallest absolute Gasteiger partial charge is 0.224 e. The molecule has 29 heavy (non-hydrogen) atoms. The summed E-state index contributed by atoms with van der Waals surface area (Å²) in [7, 11) is 0. The molecule has 4 aromatic rings. The molecular weight excluding hydrogens is 366 g/mol. The summed E-state index contributed by atoms with van der Waals surface area (Å²) in [5.74, 6) is 1.80. The monoisotopic (exact) mass is 387 g/mol. The molecule has 3 aromatic heterocycles. The van der Waals surface area contributed by atoms with Crippen LogP contribution in [0, 0.1) is 6.92 Å². The summed E-state index contributed by atoms with van der Waals surface area (Å²) >= 11 is 0. The molecule has 0 aliphatic carbocycles. The van der Waals surface area contributed by atoms with Gasteiger partial charge in [-0.25, -0.2) is 9.97 Å². The molecule has 0 fully saturated rings. The maximum atomic E-state index is 12.3. The fraction of sp³-hybridized carbons (Fsp3) is 0.182. The Hall–Kier alpha value is -3.74. The Morgan fingerprint density at radius 1 is 1.10 bits per heavy atom. The van der Waals surface area contributed by atoms with E-state index in [0.717, 1.165) is 28.1 Å². The predicted octanol–water partition coefficient (Wildman–Crippen LogP) is 3.70. The fourth-order valence-corrected chi connectivity index (χ4v) is 2.91. The number of amides is 1. The summed E-state index contributed by atoms with van der Waals surface area (Å²) in [6, 6.07) is 15.2. The van der Waals surface area contributed by atoms with E-state index >= 15 is 0 Å². The van der Waals surface area contributed by atoms with Crippen LogP contribution in [0.25, 0.3) is 11.0 Å². The van der Waals surface area contributed by atoms with Crippen LogP contribution in [-0.2, 0) is 17.8 Å². The minimum Gasteiger partial charge on any atom is -0.437 e. The van der Waals surface area contributed by atoms with E-state index in [4.69, 9.17) is 4.74 Å². The number of nitrogens with one attached hydrogen (secondary N) is 2. The van der Waals surface area contributed by atoms with Crippen LogP contribution in [0.2, 0.25) is 0 Å². The highest BCUT2D eigenvalue weighted by Crippen LogP contribution is 2.22. The quantitative estimate of drug-likeness (QED) is 0.504. The largest absolute Gasteiger partial charge is 0.437 e. The molecule has 146 valence electrons. The second-order valence-corrected chi connectivity index (χ2v) is 6.68. The lowest BCUT2D eigenvalue weighted by Gasteiger charge is -2.10. The number of nitrogens with zero attached hydrogens (tertiary/aromatic N) is 3. The summed E-state index contributed by atoms with van der Waals surface area (Å²) in [5.41, 5.74) is 3.59. The molecule has 7 heteroatoms. The van der Waals surface area contributed by atoms with Crippen molar-refractivity contribution in [2.75, 3.05) is 0 Å². The molecule has 0 aliphatic heterocycles. The van der Waals surface area contributed by atoms with Gasteiger partial charge in [0, 0.05) is 36.8 Å². The number of H-pyrrole nitrogens is 1. The Kier molecular flexibility index (Phi) is 5.47. The van der Waals surface area contributed by atoms with E-state index in [1.165, 1.54) is 0 Å². The van der Waals surface area contributed by atoms with Crippen LogP contribution < -0.4 is 10.1 Å². The number of aryl methyl sites for hydroxylation is 2. The number of para-hydroxylation sites is 2. The SMILES string of the molecule is Cc1ccc(Oc2ncccc2CNC(=O)CCc2nc3ccccc3[nH]2)cn1. The van der Waals surface area contributed by atoms with Gasteiger partial charge in [-0.05, 0) is 37.3 Å². The molecule has 0 radical (unpaired) electrons. The first kappa shape index (κ1) is 18.6. The average Bonchev–Trinajstić information content (AvgIpc) is 3.16. The first-order valence-corrected chi connectivity index (χ1v) is 9.42. The summed E-state index contributed by atoms with van der Waals surface area (Å²) in [6.07, 6.45) is 4.20. The second-order valence-electron chi connectivity index (χ2n) is 6.68. The second kappa shape index (κ2) is 8.52. The van der Waals surface area contributed by atoms with Crippen molar-refractivity contribution in [2.24, 2.45) is 0 Å². The Bertz CT molecular complexity index is 1090. The van der Waals surface area contributed by atoms with E-state index in [1.807, 2.05) is 55.5 Å². The number of fused-ring (bicyclic) bond motifs is 1. The van der Waals surface area contributed by atoms with Crippen LogP contribution in [0.4, 0.5) is 0 Å². The van der Waals surface area contributed by atoms with Gasteiger partial charge in [-0.1, -0.05) is 18.2 Å². The molecule has 1 amide bonds. The predicted molar refractivity (Wildman–Crippen MR) is 110 cm³/mol. The lowest BCUT2D eigenvalue weighted by Crippen LogP contribution is -2.23. The maximum absolute atomic E-state index is 12.3. The molecule has 1 aromatic carbocycles. The van der Waals surface area contributed by atoms with Crippen LogP contribution in [0.5, 0.6) is 11.6 Å². The van der Waals surface area contributed by atoms with Crippen molar-refractivity contribution in [2.45, 2.75) is 26.3 Å². The van der Waals surface area contributed by atoms with E-state index in [1.54, 1.807) is 12.4 Å². The number of benzene rings is 1. The average molecular weight is 387 g/mol. The summed E-state index contributed by atoms with van der Waals surface area (Å²) in [5, 5.41) is 2.92. The standard InChI is InChI=1S/C22H21N5O2/c1-15-8-9-17(14-24-15)29-22-16(5-4-12-23-22)13-25-21(28)11-10-20-26-18-6-2-3-7-19(18)27-20/h2-9,12,14H,10-11,13H2,1H3,(H,25,28)(H,26,27). The van der Waals surface area contributed by atoms with E-state index < -0.39 is 0 Å². The van der Waals surface area contributed by atoms with Crippen LogP contribution in [0.3, 0.4) is 0 Å². The van der Waals surface area contributed by atoms with Crippen molar-refractivity contribution in [3.8, 4) is 11.6 Å². The number of imidazole rings is 1. The van der Waals surface area contributed by atoms with Crippen LogP contribution in [0.1, 0.15) is 23.5 Å². The van der Waals surface area contributed by atoms with Gasteiger partial charge in [-0.3, -0.25) is 9.78 Å². The van der Waals surface area contributed by atoms with Gasteiger partial charge in [0.1, 0.15) is 11.6 Å². The molecule has 0 bridgehead atoms. The topological polar surface area (TPSA) is 92.8 Å². The summed E-state index contributed by atoms with van der Waals surface area (Å²) < 4.78 is 5.82. The van der Waals surface area contributed by atoms with Gasteiger partial charge in [0.15, 0.2) is 0 Å². The third-order valence-corrected chi connectivity index (χ3v) is 4.45. The molecular formula is C22H21N5O2. The van der Waals surface area contributed by atoms with E-state index in [2.05, 4.69) is 25.3 Å². The highest BCUT2D eigenvalue weighted by molar-refractivity contribution is 5.77. The van der Waals surface area contributed by atoms with E-state index in [-0.39, 0.29) is 5.91 Å². The van der Waals surface area contributed by atoms with Crippen LogP contribution >= 0.6 is 0 Å². The lowest BCUT2D eigenvalue weighted by molar-refractivity contribution is -0.121. The molecule has 0 saturated heterocycles. The number of rotatable bonds is 7. The molecule has 3 heterocycles. The molecule has 7 nitrogen and oxygen atoms in total. The summed E-state index contributed by atoms with van der Waals surface area (Å²) in [6.45, 7) is 2.25. The molecule has 0 atom stereocenters. The number of aromatic amines is 1. The number of pyridine rings is 2. The Morgan fingerprint density at radius 2 is 2.00 bits per heavy atom. The van der Waals surface area contributed by atoms with Crippen molar-refractivity contribution in [1.29, 1.82) is 0 Å². The number of hydrogen-bond acceptors (Lipinski definition) is 5. The highest BCUT2D eigenvalue weighted by atomic mass is 16.5. The van der Waals surface area contributed by atoms with Gasteiger partial charge in [0.05, 0.1) is 17.2 Å². The van der Waals surface area contributed by atoms with Crippen molar-refractivity contribution in [1.82, 2.24) is 25.3 Å². The number of aromatic nitrogens is 4. The zero-order chi connectivity index (χ0) is 20.1. The van der Waals surface area contributed by atoms with Crippen LogP contribution in [-0.4, -0.2) is 25.8 Å². The lowest BCUT2D eigenvalue weighted by atomic mass is 10.2. The zero-order valence-electron chi connectivity index (χ0n) is 16.1. The Morgan fingerprint density at radius 3 is 2.83 bits per heavy atom. The van der Waals surface area contributed by atoms with Gasteiger partial charge in [0.25, 0.3) is 0 Å². The normalized spacial score (nSPS) is 10.8. The van der Waals surface area contributed by atoms with Gasteiger partial charge in [0.2, 0.25) is 11.8 Å². The third kappa shape index (κ3) is 4.76. The fourth-order valence-electron chi connectivity index (χ4n) is 2.91. The summed E-state index contributed by atoms with van der Waals surface area (Å²) in [4.78, 5) is 28.5. The van der Waals surface area contributed by atoms with Gasteiger partial charge in [-0.15, -0.1) is 0 Å².